The largest absolute Gasteiger partial charge is 1.00 e. The molecule has 1 fully saturated rings. The molecule has 156 valence electrons. The zero-order valence-corrected chi connectivity index (χ0v) is 21.8. The maximum absolute atomic E-state index is 12.4. The molecule has 0 spiro atoms. The summed E-state index contributed by atoms with van der Waals surface area (Å²) in [6.45, 7) is 9.02. The molecule has 0 radical (unpaired) electrons. The third kappa shape index (κ3) is 10.5. The van der Waals surface area contributed by atoms with Gasteiger partial charge in [-0.15, -0.1) is 0 Å². The number of aliphatic hydroxyl groups excluding tert-OH is 1. The van der Waals surface area contributed by atoms with E-state index in [9.17, 15) is 19.8 Å². The average Bonchev–Trinajstić information content (AvgIpc) is 2.86. The van der Waals surface area contributed by atoms with E-state index in [0.29, 0.717) is 35.9 Å². The summed E-state index contributed by atoms with van der Waals surface area (Å²) in [6, 6.07) is 0. The van der Waals surface area contributed by atoms with Crippen LogP contribution in [0.3, 0.4) is 0 Å². The maximum atomic E-state index is 12.4. The Kier molecular flexibility index (Phi) is 14.7. The Morgan fingerprint density at radius 2 is 1.96 bits per heavy atom. The fourth-order valence-corrected chi connectivity index (χ4v) is 4.19. The molecular weight excluding hydrogens is 379 g/mol. The van der Waals surface area contributed by atoms with Crippen LogP contribution < -0.4 is 56.5 Å². The summed E-state index contributed by atoms with van der Waals surface area (Å²) >= 11 is 0. The molecule has 4 atom stereocenters. The van der Waals surface area contributed by atoms with Gasteiger partial charge in [0.05, 0.1) is 12.1 Å². The number of carbonyl (C=O) groups excluding carboxylic acids is 2. The summed E-state index contributed by atoms with van der Waals surface area (Å²) in [5.41, 5.74) is 0.313. The van der Waals surface area contributed by atoms with Crippen LogP contribution in [0.5, 0.6) is 0 Å². The number of ketones is 1. The molecule has 0 aromatic carbocycles. The van der Waals surface area contributed by atoms with Gasteiger partial charge in [0.2, 0.25) is 0 Å². The number of aliphatic carboxylic acids is 1. The first kappa shape index (κ1) is 28.5. The zero-order chi connectivity index (χ0) is 20.4. The van der Waals surface area contributed by atoms with Crippen LogP contribution in [-0.4, -0.2) is 23.0 Å². The summed E-state index contributed by atoms with van der Waals surface area (Å²) in [5.74, 6) is -0.203. The van der Waals surface area contributed by atoms with Crippen molar-refractivity contribution < 1.29 is 71.2 Å². The molecule has 0 aromatic rings. The molecular formula is C23H39KO4. The SMILES string of the molecule is CCCCC(C)(C)C/C=C/[C@H]1[C@H](C)CC(=O)[C@@H]1CCCCCC(O)C(=O)[O-].[K+]. The van der Waals surface area contributed by atoms with Gasteiger partial charge in [-0.05, 0) is 42.9 Å². The van der Waals surface area contributed by atoms with Gasteiger partial charge in [0.15, 0.2) is 0 Å². The summed E-state index contributed by atoms with van der Waals surface area (Å²) in [5, 5.41) is 19.8. The molecule has 0 heterocycles. The van der Waals surface area contributed by atoms with E-state index in [2.05, 4.69) is 39.8 Å². The maximum Gasteiger partial charge on any atom is 1.00 e. The second-order valence-electron chi connectivity index (χ2n) is 9.20. The molecule has 0 aliphatic heterocycles. The minimum absolute atomic E-state index is 0. The number of carboxylic acids is 1. The first-order chi connectivity index (χ1) is 12.7. The molecule has 0 amide bonds. The molecule has 0 aromatic heterocycles. The zero-order valence-electron chi connectivity index (χ0n) is 18.7. The van der Waals surface area contributed by atoms with Crippen LogP contribution in [0.25, 0.3) is 0 Å². The van der Waals surface area contributed by atoms with E-state index >= 15 is 0 Å². The Bertz CT molecular complexity index is 501. The standard InChI is InChI=1S/C23H40O4.K/c1-5-6-14-23(3,4)15-10-12-18-17(2)16-21(25)19(18)11-8-7-9-13-20(24)22(26)27;/h10,12,17-20,24H,5-9,11,13-16H2,1-4H3,(H,26,27);/q;+1/p-1/b12-10+;/t17-,18+,19-,20?;/m1./s1. The fourth-order valence-electron chi connectivity index (χ4n) is 4.19. The van der Waals surface area contributed by atoms with Gasteiger partial charge < -0.3 is 15.0 Å². The topological polar surface area (TPSA) is 77.4 Å². The molecule has 1 N–H and O–H groups in total. The first-order valence-electron chi connectivity index (χ1n) is 10.8. The quantitative estimate of drug-likeness (QED) is 0.276. The second kappa shape index (κ2) is 14.5. The monoisotopic (exact) mass is 418 g/mol. The van der Waals surface area contributed by atoms with Crippen molar-refractivity contribution >= 4 is 11.8 Å². The number of unbranched alkanes of at least 4 members (excludes halogenated alkanes) is 3. The van der Waals surface area contributed by atoms with Crippen LogP contribution >= 0.6 is 0 Å². The normalized spacial score (nSPS) is 23.8. The van der Waals surface area contributed by atoms with E-state index in [0.717, 1.165) is 25.7 Å². The molecule has 0 bridgehead atoms. The number of rotatable bonds is 13. The van der Waals surface area contributed by atoms with Crippen LogP contribution in [0.2, 0.25) is 0 Å². The summed E-state index contributed by atoms with van der Waals surface area (Å²) in [4.78, 5) is 22.9. The Morgan fingerprint density at radius 3 is 2.57 bits per heavy atom. The second-order valence-corrected chi connectivity index (χ2v) is 9.20. The van der Waals surface area contributed by atoms with E-state index in [1.54, 1.807) is 0 Å². The van der Waals surface area contributed by atoms with Gasteiger partial charge in [0, 0.05) is 12.3 Å². The van der Waals surface area contributed by atoms with Gasteiger partial charge in [0.1, 0.15) is 5.78 Å². The average molecular weight is 419 g/mol. The molecule has 1 unspecified atom stereocenters. The minimum atomic E-state index is -1.40. The number of hydrogen-bond acceptors (Lipinski definition) is 4. The number of carbonyl (C=O) groups is 2. The van der Waals surface area contributed by atoms with Crippen LogP contribution in [0, 0.1) is 23.2 Å². The van der Waals surface area contributed by atoms with E-state index in [1.807, 2.05) is 0 Å². The predicted octanol–water partition coefficient (Wildman–Crippen LogP) is 1.06. The van der Waals surface area contributed by atoms with Gasteiger partial charge in [-0.25, -0.2) is 0 Å². The Labute approximate surface area is 214 Å². The molecule has 1 aliphatic carbocycles. The summed E-state index contributed by atoms with van der Waals surface area (Å²) < 4.78 is 0. The fraction of sp³-hybridized carbons (Fsp3) is 0.826. The number of hydrogen-bond donors (Lipinski definition) is 1. The molecule has 1 rings (SSSR count). The first-order valence-corrected chi connectivity index (χ1v) is 10.8. The number of allylic oxidation sites excluding steroid dienone is 2. The predicted molar refractivity (Wildman–Crippen MR) is 107 cm³/mol. The van der Waals surface area contributed by atoms with Gasteiger partial charge in [0.25, 0.3) is 0 Å². The minimum Gasteiger partial charge on any atom is -0.547 e. The van der Waals surface area contributed by atoms with Crippen LogP contribution in [0.15, 0.2) is 12.2 Å². The Balaban J connectivity index is 0.00000729. The number of Topliss-reactive ketones (excluding diaryl/α,β-unsaturated/α-hetero) is 1. The smallest absolute Gasteiger partial charge is 0.547 e. The van der Waals surface area contributed by atoms with Crippen molar-refractivity contribution in [2.75, 3.05) is 0 Å². The Morgan fingerprint density at radius 1 is 1.29 bits per heavy atom. The van der Waals surface area contributed by atoms with Crippen LogP contribution in [0.4, 0.5) is 0 Å². The van der Waals surface area contributed by atoms with Crippen molar-refractivity contribution in [2.45, 2.75) is 98.0 Å². The molecule has 0 saturated heterocycles. The van der Waals surface area contributed by atoms with Gasteiger partial charge >= 0.3 is 51.4 Å². The van der Waals surface area contributed by atoms with Crippen LogP contribution in [-0.2, 0) is 9.59 Å². The van der Waals surface area contributed by atoms with Crippen molar-refractivity contribution in [3.63, 3.8) is 0 Å². The van der Waals surface area contributed by atoms with Gasteiger partial charge in [-0.3, -0.25) is 4.79 Å². The van der Waals surface area contributed by atoms with Crippen molar-refractivity contribution in [3.05, 3.63) is 12.2 Å². The number of aliphatic hydroxyl groups is 1. The molecule has 28 heavy (non-hydrogen) atoms. The Hall–Kier alpha value is 0.476. The third-order valence-corrected chi connectivity index (χ3v) is 6.06. The van der Waals surface area contributed by atoms with E-state index in [-0.39, 0.29) is 63.7 Å². The molecule has 1 saturated carbocycles. The van der Waals surface area contributed by atoms with E-state index < -0.39 is 12.1 Å². The third-order valence-electron chi connectivity index (χ3n) is 6.06. The molecule has 5 heteroatoms. The van der Waals surface area contributed by atoms with Crippen molar-refractivity contribution in [2.24, 2.45) is 23.2 Å². The van der Waals surface area contributed by atoms with Crippen molar-refractivity contribution in [1.29, 1.82) is 0 Å². The molecule has 1 aliphatic rings. The van der Waals surface area contributed by atoms with Crippen LogP contribution in [0.1, 0.15) is 91.9 Å². The summed E-state index contributed by atoms with van der Waals surface area (Å²) in [6.07, 6.45) is 12.1. The van der Waals surface area contributed by atoms with E-state index in [4.69, 9.17) is 0 Å². The number of carboxylic acid groups (broad SMARTS) is 1. The van der Waals surface area contributed by atoms with Crippen molar-refractivity contribution in [3.8, 4) is 0 Å². The van der Waals surface area contributed by atoms with Gasteiger partial charge in [-0.1, -0.05) is 72.0 Å². The van der Waals surface area contributed by atoms with Crippen molar-refractivity contribution in [1.82, 2.24) is 0 Å². The molecule has 4 nitrogen and oxygen atoms in total. The summed E-state index contributed by atoms with van der Waals surface area (Å²) in [7, 11) is 0. The van der Waals surface area contributed by atoms with E-state index in [1.165, 1.54) is 19.3 Å². The van der Waals surface area contributed by atoms with Gasteiger partial charge in [-0.2, -0.15) is 0 Å².